The van der Waals surface area contributed by atoms with E-state index in [4.69, 9.17) is 9.68 Å². The first-order valence-electron chi connectivity index (χ1n) is 4.25. The van der Waals surface area contributed by atoms with Gasteiger partial charge in [0.2, 0.25) is 0 Å². The standard InChI is InChI=1S/C9H9BN2O2/c13-10-14-9-6-7-11-12(9)8-4-2-1-3-5-8/h1-7,10,13H. The maximum Gasteiger partial charge on any atom is 0.505 e. The van der Waals surface area contributed by atoms with Crippen LogP contribution in [0.2, 0.25) is 0 Å². The maximum atomic E-state index is 8.65. The molecule has 0 aliphatic carbocycles. The van der Waals surface area contributed by atoms with Crippen LogP contribution in [0, 0.1) is 0 Å². The van der Waals surface area contributed by atoms with Crippen LogP contribution in [0.25, 0.3) is 5.69 Å². The summed E-state index contributed by atoms with van der Waals surface area (Å²) in [4.78, 5) is 0. The van der Waals surface area contributed by atoms with Gasteiger partial charge in [0.1, 0.15) is 0 Å². The zero-order chi connectivity index (χ0) is 9.80. The number of rotatable bonds is 3. The molecule has 0 bridgehead atoms. The van der Waals surface area contributed by atoms with Crippen molar-refractivity contribution in [1.82, 2.24) is 9.78 Å². The molecule has 1 heterocycles. The lowest BCUT2D eigenvalue weighted by atomic mass is 10.3. The zero-order valence-electron chi connectivity index (χ0n) is 7.50. The lowest BCUT2D eigenvalue weighted by Gasteiger charge is -2.06. The van der Waals surface area contributed by atoms with Crippen molar-refractivity contribution in [3.63, 3.8) is 0 Å². The first-order chi connectivity index (χ1) is 6.92. The summed E-state index contributed by atoms with van der Waals surface area (Å²) in [6.07, 6.45) is 1.62. The van der Waals surface area contributed by atoms with Gasteiger partial charge in [0.15, 0.2) is 5.88 Å². The van der Waals surface area contributed by atoms with Crippen molar-refractivity contribution in [2.45, 2.75) is 0 Å². The van der Waals surface area contributed by atoms with Gasteiger partial charge in [0.25, 0.3) is 0 Å². The predicted octanol–water partition coefficient (Wildman–Crippen LogP) is 0.510. The van der Waals surface area contributed by atoms with E-state index >= 15 is 0 Å². The Morgan fingerprint density at radius 1 is 1.21 bits per heavy atom. The Hall–Kier alpha value is -1.75. The van der Waals surface area contributed by atoms with Gasteiger partial charge in [-0.1, -0.05) is 18.2 Å². The molecule has 0 unspecified atom stereocenters. The van der Waals surface area contributed by atoms with Crippen LogP contribution in [0.3, 0.4) is 0 Å². The quantitative estimate of drug-likeness (QED) is 0.713. The second-order valence-corrected chi connectivity index (χ2v) is 2.69. The van der Waals surface area contributed by atoms with Gasteiger partial charge >= 0.3 is 7.69 Å². The summed E-state index contributed by atoms with van der Waals surface area (Å²) in [5.41, 5.74) is 0.904. The maximum absolute atomic E-state index is 8.65. The largest absolute Gasteiger partial charge is 0.525 e. The molecule has 0 saturated carbocycles. The molecule has 14 heavy (non-hydrogen) atoms. The van der Waals surface area contributed by atoms with Crippen LogP contribution in [0.1, 0.15) is 0 Å². The summed E-state index contributed by atoms with van der Waals surface area (Å²) in [7, 11) is -0.349. The van der Waals surface area contributed by atoms with E-state index in [1.165, 1.54) is 0 Å². The van der Waals surface area contributed by atoms with Gasteiger partial charge in [0, 0.05) is 6.07 Å². The first-order valence-corrected chi connectivity index (χ1v) is 4.25. The molecule has 0 saturated heterocycles. The molecule has 1 aromatic carbocycles. The molecule has 1 aromatic heterocycles. The van der Waals surface area contributed by atoms with E-state index < -0.39 is 0 Å². The van der Waals surface area contributed by atoms with Gasteiger partial charge < -0.3 is 9.68 Å². The normalized spacial score (nSPS) is 9.79. The minimum atomic E-state index is -0.349. The number of hydrogen-bond donors (Lipinski definition) is 1. The minimum absolute atomic E-state index is 0.349. The lowest BCUT2D eigenvalue weighted by molar-refractivity contribution is 0.432. The molecule has 4 nitrogen and oxygen atoms in total. The minimum Gasteiger partial charge on any atom is -0.525 e. The SMILES string of the molecule is OBOc1ccnn1-c1ccccc1. The molecule has 0 radical (unpaired) electrons. The molecule has 0 fully saturated rings. The van der Waals surface area contributed by atoms with Gasteiger partial charge in [-0.25, -0.2) is 4.68 Å². The first kappa shape index (κ1) is 8.84. The monoisotopic (exact) mass is 188 g/mol. The third-order valence-electron chi connectivity index (χ3n) is 1.82. The van der Waals surface area contributed by atoms with E-state index in [2.05, 4.69) is 5.10 Å². The average Bonchev–Trinajstić information content (AvgIpc) is 2.68. The molecule has 0 spiro atoms. The van der Waals surface area contributed by atoms with E-state index in [9.17, 15) is 0 Å². The fourth-order valence-corrected chi connectivity index (χ4v) is 1.23. The molecule has 0 atom stereocenters. The van der Waals surface area contributed by atoms with E-state index in [0.29, 0.717) is 5.88 Å². The van der Waals surface area contributed by atoms with Gasteiger partial charge in [-0.15, -0.1) is 0 Å². The number of para-hydroxylation sites is 1. The smallest absolute Gasteiger partial charge is 0.505 e. The van der Waals surface area contributed by atoms with Crippen molar-refractivity contribution in [3.8, 4) is 11.6 Å². The van der Waals surface area contributed by atoms with Crippen LogP contribution in [-0.2, 0) is 0 Å². The highest BCUT2D eigenvalue weighted by molar-refractivity contribution is 6.17. The van der Waals surface area contributed by atoms with Gasteiger partial charge in [-0.05, 0) is 12.1 Å². The Morgan fingerprint density at radius 3 is 2.71 bits per heavy atom. The van der Waals surface area contributed by atoms with Crippen molar-refractivity contribution in [1.29, 1.82) is 0 Å². The van der Waals surface area contributed by atoms with Gasteiger partial charge in [-0.2, -0.15) is 5.10 Å². The molecule has 2 rings (SSSR count). The van der Waals surface area contributed by atoms with Crippen LogP contribution in [0.5, 0.6) is 5.88 Å². The second kappa shape index (κ2) is 3.98. The van der Waals surface area contributed by atoms with E-state index in [0.717, 1.165) is 5.69 Å². The summed E-state index contributed by atoms with van der Waals surface area (Å²) in [6.45, 7) is 0. The number of hydrogen-bond acceptors (Lipinski definition) is 3. The Labute approximate surface area is 82.1 Å². The molecule has 0 aliphatic heterocycles. The third kappa shape index (κ3) is 1.62. The topological polar surface area (TPSA) is 47.3 Å². The van der Waals surface area contributed by atoms with Crippen LogP contribution in [0.15, 0.2) is 42.6 Å². The Kier molecular flexibility index (Phi) is 2.51. The summed E-state index contributed by atoms with van der Waals surface area (Å²) in [5.74, 6) is 0.527. The van der Waals surface area contributed by atoms with Crippen molar-refractivity contribution < 1.29 is 9.68 Å². The van der Waals surface area contributed by atoms with E-state index in [1.54, 1.807) is 16.9 Å². The summed E-state index contributed by atoms with van der Waals surface area (Å²) in [5, 5.41) is 12.7. The van der Waals surface area contributed by atoms with E-state index in [-0.39, 0.29) is 7.69 Å². The predicted molar refractivity (Wildman–Crippen MR) is 53.6 cm³/mol. The third-order valence-corrected chi connectivity index (χ3v) is 1.82. The molecule has 70 valence electrons. The molecular weight excluding hydrogens is 179 g/mol. The molecule has 2 aromatic rings. The second-order valence-electron chi connectivity index (χ2n) is 2.69. The molecule has 0 amide bonds. The van der Waals surface area contributed by atoms with Crippen molar-refractivity contribution >= 4 is 7.69 Å². The zero-order valence-corrected chi connectivity index (χ0v) is 7.50. The summed E-state index contributed by atoms with van der Waals surface area (Å²) < 4.78 is 6.61. The van der Waals surface area contributed by atoms with Crippen molar-refractivity contribution in [2.75, 3.05) is 0 Å². The molecule has 5 heteroatoms. The van der Waals surface area contributed by atoms with Crippen LogP contribution >= 0.6 is 0 Å². The molecular formula is C9H9BN2O2. The molecule has 1 N–H and O–H groups in total. The number of benzene rings is 1. The Balaban J connectivity index is 2.37. The lowest BCUT2D eigenvalue weighted by Crippen LogP contribution is -2.06. The molecule has 0 aliphatic rings. The number of nitrogens with zero attached hydrogens (tertiary/aromatic N) is 2. The average molecular weight is 188 g/mol. The summed E-state index contributed by atoms with van der Waals surface area (Å²) >= 11 is 0. The van der Waals surface area contributed by atoms with Crippen molar-refractivity contribution in [3.05, 3.63) is 42.6 Å². The Morgan fingerprint density at radius 2 is 2.00 bits per heavy atom. The Bertz CT molecular complexity index is 402. The van der Waals surface area contributed by atoms with Gasteiger partial charge in [-0.3, -0.25) is 0 Å². The van der Waals surface area contributed by atoms with Gasteiger partial charge in [0.05, 0.1) is 11.9 Å². The van der Waals surface area contributed by atoms with Crippen LogP contribution < -0.4 is 4.65 Å². The highest BCUT2D eigenvalue weighted by atomic mass is 16.5. The fourth-order valence-electron chi connectivity index (χ4n) is 1.23. The van der Waals surface area contributed by atoms with Crippen LogP contribution in [-0.4, -0.2) is 22.5 Å². The number of aromatic nitrogens is 2. The highest BCUT2D eigenvalue weighted by Crippen LogP contribution is 2.15. The van der Waals surface area contributed by atoms with Crippen LogP contribution in [0.4, 0.5) is 0 Å². The van der Waals surface area contributed by atoms with Crippen molar-refractivity contribution in [2.24, 2.45) is 0 Å². The summed E-state index contributed by atoms with van der Waals surface area (Å²) in [6, 6.07) is 11.3. The van der Waals surface area contributed by atoms with E-state index in [1.807, 2.05) is 30.3 Å². The fraction of sp³-hybridized carbons (Fsp3) is 0. The highest BCUT2D eigenvalue weighted by Gasteiger charge is 2.04.